The van der Waals surface area contributed by atoms with Crippen LogP contribution in [-0.4, -0.2) is 46.6 Å². The third-order valence-corrected chi connectivity index (χ3v) is 7.57. The Balaban J connectivity index is 1.51. The van der Waals surface area contributed by atoms with Gasteiger partial charge in [-0.05, 0) is 23.6 Å². The Bertz CT molecular complexity index is 1200. The van der Waals surface area contributed by atoms with Gasteiger partial charge in [0.05, 0.1) is 19.3 Å². The molecule has 6 nitrogen and oxygen atoms in total. The number of cyclic esters (lactones) is 1. The highest BCUT2D eigenvalue weighted by Crippen LogP contribution is 2.55. The largest absolute Gasteiger partial charge is 0.439 e. The van der Waals surface area contributed by atoms with Gasteiger partial charge in [-0.25, -0.2) is 4.79 Å². The van der Waals surface area contributed by atoms with E-state index in [9.17, 15) is 9.90 Å². The summed E-state index contributed by atoms with van der Waals surface area (Å²) in [6, 6.07) is 28.6. The summed E-state index contributed by atoms with van der Waals surface area (Å²) < 4.78 is 18.5. The monoisotopic (exact) mass is 499 g/mol. The second kappa shape index (κ2) is 10.5. The first-order valence-corrected chi connectivity index (χ1v) is 12.7. The zero-order valence-corrected chi connectivity index (χ0v) is 21.0. The van der Waals surface area contributed by atoms with Crippen LogP contribution < -0.4 is 0 Å². The van der Waals surface area contributed by atoms with E-state index in [1.807, 2.05) is 97.9 Å². The summed E-state index contributed by atoms with van der Waals surface area (Å²) >= 11 is 0. The number of amides is 1. The van der Waals surface area contributed by atoms with Crippen molar-refractivity contribution in [1.82, 2.24) is 4.90 Å². The summed E-state index contributed by atoms with van der Waals surface area (Å²) in [6.07, 6.45) is 0.841. The Labute approximate surface area is 218 Å². The normalized spacial score (nSPS) is 29.0. The number of hydrogen-bond donors (Lipinski definition) is 1. The lowest BCUT2D eigenvalue weighted by molar-refractivity contribution is -0.280. The molecule has 1 amide bonds. The quantitative estimate of drug-likeness (QED) is 0.368. The minimum absolute atomic E-state index is 0.0875. The van der Waals surface area contributed by atoms with Crippen molar-refractivity contribution in [3.8, 4) is 0 Å². The van der Waals surface area contributed by atoms with E-state index in [0.29, 0.717) is 13.2 Å². The summed E-state index contributed by atoms with van der Waals surface area (Å²) in [5, 5.41) is 11.6. The van der Waals surface area contributed by atoms with E-state index < -0.39 is 35.5 Å². The van der Waals surface area contributed by atoms with E-state index in [1.165, 1.54) is 6.08 Å². The van der Waals surface area contributed by atoms with Gasteiger partial charge in [0.1, 0.15) is 17.2 Å². The first kappa shape index (κ1) is 25.2. The third kappa shape index (κ3) is 4.46. The molecule has 5 rings (SSSR count). The zero-order valence-electron chi connectivity index (χ0n) is 21.0. The molecule has 1 saturated carbocycles. The predicted molar refractivity (Wildman–Crippen MR) is 141 cm³/mol. The number of benzene rings is 3. The number of nitrogens with zero attached hydrogens (tertiary/aromatic N) is 1. The molecule has 2 aliphatic rings. The van der Waals surface area contributed by atoms with Gasteiger partial charge in [0.25, 0.3) is 0 Å². The van der Waals surface area contributed by atoms with E-state index >= 15 is 0 Å². The maximum absolute atomic E-state index is 13.6. The fourth-order valence-electron chi connectivity index (χ4n) is 5.70. The molecule has 0 bridgehead atoms. The number of hydrogen-bond acceptors (Lipinski definition) is 5. The molecule has 2 fully saturated rings. The first-order chi connectivity index (χ1) is 18.0. The van der Waals surface area contributed by atoms with Crippen molar-refractivity contribution in [2.45, 2.75) is 49.3 Å². The van der Waals surface area contributed by atoms with E-state index in [0.717, 1.165) is 16.7 Å². The van der Waals surface area contributed by atoms with Crippen molar-refractivity contribution in [3.05, 3.63) is 120 Å². The fraction of sp³-hybridized carbons (Fsp3) is 0.323. The van der Waals surface area contributed by atoms with Crippen molar-refractivity contribution in [1.29, 1.82) is 0 Å². The van der Waals surface area contributed by atoms with Crippen molar-refractivity contribution < 1.29 is 24.1 Å². The Kier molecular flexibility index (Phi) is 7.15. The molecule has 0 spiro atoms. The Morgan fingerprint density at radius 1 is 1.00 bits per heavy atom. The molecule has 1 heterocycles. The average Bonchev–Trinajstić information content (AvgIpc) is 3.28. The van der Waals surface area contributed by atoms with Crippen LogP contribution >= 0.6 is 0 Å². The summed E-state index contributed by atoms with van der Waals surface area (Å²) in [7, 11) is 0. The summed E-state index contributed by atoms with van der Waals surface area (Å²) in [6.45, 7) is 6.55. The molecule has 3 aromatic carbocycles. The smallest absolute Gasteiger partial charge is 0.411 e. The fourth-order valence-corrected chi connectivity index (χ4v) is 5.70. The summed E-state index contributed by atoms with van der Waals surface area (Å²) in [4.78, 5) is 15.3. The van der Waals surface area contributed by atoms with Crippen LogP contribution in [-0.2, 0) is 20.8 Å². The van der Waals surface area contributed by atoms with Crippen LogP contribution in [0.5, 0.6) is 0 Å². The molecule has 0 aromatic heterocycles. The summed E-state index contributed by atoms with van der Waals surface area (Å²) in [5.41, 5.74) is 0.311. The third-order valence-electron chi connectivity index (χ3n) is 7.57. The highest BCUT2D eigenvalue weighted by molar-refractivity contribution is 5.73. The van der Waals surface area contributed by atoms with Crippen LogP contribution in [0.15, 0.2) is 104 Å². The second-order valence-corrected chi connectivity index (χ2v) is 9.63. The number of aliphatic hydroxyl groups is 1. The standard InChI is InChI=1S/C31H33NO5/c1-3-30(34)20-26(31(30,36-4-2)22-35-21-23-14-8-5-9-15-23)32-27(24-16-10-6-11-17-24)28(37-29(32)33)25-18-12-7-13-19-25/h3,5-19,26-28,34H,1,4,20-22H2,2H3/t26-,27+,28-,30+,31+/m0/s1. The molecule has 6 heteroatoms. The Hall–Kier alpha value is -3.45. The molecular formula is C31H33NO5. The van der Waals surface area contributed by atoms with Gasteiger partial charge in [-0.2, -0.15) is 0 Å². The molecule has 37 heavy (non-hydrogen) atoms. The zero-order chi connectivity index (χ0) is 25.9. The van der Waals surface area contributed by atoms with Crippen molar-refractivity contribution in [2.24, 2.45) is 0 Å². The van der Waals surface area contributed by atoms with Gasteiger partial charge < -0.3 is 19.3 Å². The topological polar surface area (TPSA) is 68.2 Å². The molecular weight excluding hydrogens is 466 g/mol. The maximum Gasteiger partial charge on any atom is 0.411 e. The van der Waals surface area contributed by atoms with Crippen LogP contribution in [0.3, 0.4) is 0 Å². The van der Waals surface area contributed by atoms with Gasteiger partial charge >= 0.3 is 6.09 Å². The minimum atomic E-state index is -1.36. The molecule has 3 aromatic rings. The molecule has 1 aliphatic carbocycles. The number of carbonyl (C=O) groups excluding carboxylic acids is 1. The van der Waals surface area contributed by atoms with Gasteiger partial charge in [-0.15, -0.1) is 6.58 Å². The van der Waals surface area contributed by atoms with Crippen LogP contribution in [0.1, 0.15) is 42.2 Å². The Morgan fingerprint density at radius 2 is 1.59 bits per heavy atom. The minimum Gasteiger partial charge on any atom is -0.439 e. The lowest BCUT2D eigenvalue weighted by atomic mass is 9.60. The maximum atomic E-state index is 13.6. The van der Waals surface area contributed by atoms with E-state index in [-0.39, 0.29) is 13.0 Å². The average molecular weight is 500 g/mol. The van der Waals surface area contributed by atoms with Gasteiger partial charge in [0.15, 0.2) is 6.10 Å². The van der Waals surface area contributed by atoms with Crippen molar-refractivity contribution >= 4 is 6.09 Å². The van der Waals surface area contributed by atoms with Gasteiger partial charge in [-0.3, -0.25) is 4.90 Å². The van der Waals surface area contributed by atoms with Crippen LogP contribution in [0.25, 0.3) is 0 Å². The molecule has 0 unspecified atom stereocenters. The first-order valence-electron chi connectivity index (χ1n) is 12.7. The van der Waals surface area contributed by atoms with Crippen LogP contribution in [0, 0.1) is 0 Å². The lowest BCUT2D eigenvalue weighted by Gasteiger charge is -2.61. The number of ether oxygens (including phenoxy) is 3. The number of rotatable bonds is 10. The Morgan fingerprint density at radius 3 is 2.19 bits per heavy atom. The molecule has 1 N–H and O–H groups in total. The van der Waals surface area contributed by atoms with Crippen LogP contribution in [0.4, 0.5) is 4.79 Å². The molecule has 1 saturated heterocycles. The van der Waals surface area contributed by atoms with E-state index in [2.05, 4.69) is 6.58 Å². The van der Waals surface area contributed by atoms with E-state index in [4.69, 9.17) is 14.2 Å². The van der Waals surface area contributed by atoms with Crippen molar-refractivity contribution in [2.75, 3.05) is 13.2 Å². The van der Waals surface area contributed by atoms with Crippen LogP contribution in [0.2, 0.25) is 0 Å². The molecule has 192 valence electrons. The molecule has 1 aliphatic heterocycles. The van der Waals surface area contributed by atoms with Gasteiger partial charge in [0.2, 0.25) is 0 Å². The van der Waals surface area contributed by atoms with Gasteiger partial charge in [-0.1, -0.05) is 97.1 Å². The van der Waals surface area contributed by atoms with Crippen molar-refractivity contribution in [3.63, 3.8) is 0 Å². The summed E-state index contributed by atoms with van der Waals surface area (Å²) in [5.74, 6) is 0. The van der Waals surface area contributed by atoms with Gasteiger partial charge in [0, 0.05) is 13.0 Å². The highest BCUT2D eigenvalue weighted by Gasteiger charge is 2.70. The van der Waals surface area contributed by atoms with E-state index in [1.54, 1.807) is 4.90 Å². The molecule has 0 radical (unpaired) electrons. The SMILES string of the molecule is C=C[C@@]1(O)C[C@H](N2C(=O)O[C@@H](c3ccccc3)[C@H]2c2ccccc2)[C@@]1(COCc1ccccc1)OCC. The number of carbonyl (C=O) groups is 1. The highest BCUT2D eigenvalue weighted by atomic mass is 16.6. The lowest BCUT2D eigenvalue weighted by Crippen LogP contribution is -2.79. The molecule has 5 atom stereocenters. The predicted octanol–water partition coefficient (Wildman–Crippen LogP) is 5.60. The second-order valence-electron chi connectivity index (χ2n) is 9.63.